The van der Waals surface area contributed by atoms with Crippen molar-refractivity contribution in [2.45, 2.75) is 39.7 Å². The fraction of sp³-hybridized carbons (Fsp3) is 0.345. The number of aliphatic hydroxyl groups excluding tert-OH is 1. The molecule has 1 unspecified atom stereocenters. The van der Waals surface area contributed by atoms with Crippen LogP contribution in [0.2, 0.25) is 10.0 Å². The van der Waals surface area contributed by atoms with Crippen LogP contribution in [0.4, 0.5) is 14.5 Å². The van der Waals surface area contributed by atoms with Crippen molar-refractivity contribution in [3.63, 3.8) is 0 Å². The summed E-state index contributed by atoms with van der Waals surface area (Å²) in [5.74, 6) is -2.25. The SMILES string of the molecule is CC.CCCc1cc(Cl)ccc1N1CCN(C(=O)C(O)c2ccc(F)cc2F)CC1.Clc1ccccc1. The third-order valence-corrected chi connectivity index (χ3v) is 6.20. The van der Waals surface area contributed by atoms with Crippen LogP contribution < -0.4 is 4.90 Å². The number of benzene rings is 3. The quantitative estimate of drug-likeness (QED) is 0.362. The first-order valence-corrected chi connectivity index (χ1v) is 13.2. The van der Waals surface area contributed by atoms with Crippen LogP contribution >= 0.6 is 23.2 Å². The summed E-state index contributed by atoms with van der Waals surface area (Å²) in [7, 11) is 0. The van der Waals surface area contributed by atoms with Gasteiger partial charge in [-0.25, -0.2) is 8.78 Å². The number of carbonyl (C=O) groups is 1. The largest absolute Gasteiger partial charge is 0.378 e. The van der Waals surface area contributed by atoms with Crippen LogP contribution in [-0.4, -0.2) is 42.1 Å². The first-order valence-electron chi connectivity index (χ1n) is 12.5. The maximum Gasteiger partial charge on any atom is 0.256 e. The molecule has 0 aromatic heterocycles. The van der Waals surface area contributed by atoms with Crippen molar-refractivity contribution in [1.29, 1.82) is 0 Å². The van der Waals surface area contributed by atoms with Gasteiger partial charge in [-0.05, 0) is 48.4 Å². The summed E-state index contributed by atoms with van der Waals surface area (Å²) in [4.78, 5) is 16.3. The Bertz CT molecular complexity index is 1120. The minimum Gasteiger partial charge on any atom is -0.378 e. The lowest BCUT2D eigenvalue weighted by Gasteiger charge is -2.37. The number of piperazine rings is 1. The second-order valence-electron chi connectivity index (χ2n) is 8.20. The molecule has 1 aliphatic rings. The lowest BCUT2D eigenvalue weighted by atomic mass is 10.1. The Morgan fingerprint density at radius 3 is 2.11 bits per heavy atom. The second kappa shape index (κ2) is 15.6. The number of carbonyl (C=O) groups excluding carboxylic acids is 1. The molecule has 1 heterocycles. The molecule has 0 saturated carbocycles. The number of rotatable bonds is 5. The highest BCUT2D eigenvalue weighted by Gasteiger charge is 2.29. The Morgan fingerprint density at radius 2 is 1.57 bits per heavy atom. The van der Waals surface area contributed by atoms with E-state index in [-0.39, 0.29) is 5.56 Å². The van der Waals surface area contributed by atoms with Crippen molar-refractivity contribution in [2.24, 2.45) is 0 Å². The zero-order valence-electron chi connectivity index (χ0n) is 21.4. The lowest BCUT2D eigenvalue weighted by Crippen LogP contribution is -2.50. The third kappa shape index (κ3) is 8.99. The van der Waals surface area contributed by atoms with Crippen LogP contribution in [0.5, 0.6) is 0 Å². The van der Waals surface area contributed by atoms with E-state index in [1.165, 1.54) is 10.5 Å². The standard InChI is InChI=1S/C21H23ClF2N2O2.C6H5Cl.C2H6/c1-2-3-14-12-15(22)4-7-19(14)25-8-10-26(11-9-25)21(28)20(27)17-6-5-16(23)13-18(17)24;7-6-4-2-1-3-5-6;1-2/h4-7,12-13,20,27H,2-3,8-11H2,1H3;1-5H;1-2H3. The molecular weight excluding hydrogens is 517 g/mol. The lowest BCUT2D eigenvalue weighted by molar-refractivity contribution is -0.141. The molecule has 1 aliphatic heterocycles. The molecule has 0 radical (unpaired) electrons. The zero-order chi connectivity index (χ0) is 27.4. The van der Waals surface area contributed by atoms with Crippen molar-refractivity contribution in [1.82, 2.24) is 4.90 Å². The topological polar surface area (TPSA) is 43.8 Å². The summed E-state index contributed by atoms with van der Waals surface area (Å²) in [6.45, 7) is 8.13. The van der Waals surface area contributed by atoms with E-state index in [0.717, 1.165) is 35.7 Å². The minimum absolute atomic E-state index is 0.211. The van der Waals surface area contributed by atoms with Gasteiger partial charge in [-0.15, -0.1) is 0 Å². The van der Waals surface area contributed by atoms with Gasteiger partial charge in [0.2, 0.25) is 0 Å². The molecule has 4 rings (SSSR count). The van der Waals surface area contributed by atoms with E-state index >= 15 is 0 Å². The Kier molecular flexibility index (Phi) is 12.8. The Morgan fingerprint density at radius 1 is 0.919 bits per heavy atom. The van der Waals surface area contributed by atoms with Crippen molar-refractivity contribution in [3.8, 4) is 0 Å². The van der Waals surface area contributed by atoms with E-state index < -0.39 is 23.6 Å². The summed E-state index contributed by atoms with van der Waals surface area (Å²) in [6.07, 6.45) is 0.275. The maximum absolute atomic E-state index is 13.9. The molecule has 37 heavy (non-hydrogen) atoms. The molecular formula is C29H34Cl2F2N2O2. The molecule has 0 aliphatic carbocycles. The van der Waals surface area contributed by atoms with Gasteiger partial charge in [0.1, 0.15) is 11.6 Å². The highest BCUT2D eigenvalue weighted by molar-refractivity contribution is 6.30. The number of nitrogens with zero attached hydrogens (tertiary/aromatic N) is 2. The van der Waals surface area contributed by atoms with Crippen LogP contribution in [-0.2, 0) is 11.2 Å². The summed E-state index contributed by atoms with van der Waals surface area (Å²) in [5, 5.41) is 11.8. The highest BCUT2D eigenvalue weighted by atomic mass is 35.5. The molecule has 1 amide bonds. The van der Waals surface area contributed by atoms with Crippen LogP contribution in [0, 0.1) is 11.6 Å². The first-order chi connectivity index (χ1) is 17.8. The number of hydrogen-bond donors (Lipinski definition) is 1. The van der Waals surface area contributed by atoms with Crippen molar-refractivity contribution >= 4 is 34.8 Å². The number of hydrogen-bond acceptors (Lipinski definition) is 3. The highest BCUT2D eigenvalue weighted by Crippen LogP contribution is 2.27. The van der Waals surface area contributed by atoms with Gasteiger partial charge in [0.05, 0.1) is 0 Å². The van der Waals surface area contributed by atoms with Crippen LogP contribution in [0.25, 0.3) is 0 Å². The summed E-state index contributed by atoms with van der Waals surface area (Å²) in [5.41, 5.74) is 2.06. The van der Waals surface area contributed by atoms with Crippen LogP contribution in [0.3, 0.4) is 0 Å². The Labute approximate surface area is 228 Å². The smallest absolute Gasteiger partial charge is 0.256 e. The van der Waals surface area contributed by atoms with E-state index in [1.54, 1.807) is 0 Å². The molecule has 200 valence electrons. The molecule has 0 bridgehead atoms. The van der Waals surface area contributed by atoms with Gasteiger partial charge in [0.15, 0.2) is 6.10 Å². The predicted octanol–water partition coefficient (Wildman–Crippen LogP) is 7.32. The molecule has 3 aromatic carbocycles. The monoisotopic (exact) mass is 550 g/mol. The Balaban J connectivity index is 0.000000455. The van der Waals surface area contributed by atoms with Crippen molar-refractivity contribution < 1.29 is 18.7 Å². The molecule has 0 spiro atoms. The zero-order valence-corrected chi connectivity index (χ0v) is 22.9. The normalized spacial score (nSPS) is 13.6. The fourth-order valence-corrected chi connectivity index (χ4v) is 4.28. The molecule has 1 fully saturated rings. The number of anilines is 1. The number of halogens is 4. The van der Waals surface area contributed by atoms with E-state index in [0.29, 0.717) is 37.3 Å². The second-order valence-corrected chi connectivity index (χ2v) is 9.07. The maximum atomic E-state index is 13.9. The fourth-order valence-electron chi connectivity index (χ4n) is 3.94. The molecule has 4 nitrogen and oxygen atoms in total. The molecule has 1 atom stereocenters. The Hall–Kier alpha value is -2.67. The van der Waals surface area contributed by atoms with Gasteiger partial charge < -0.3 is 14.9 Å². The third-order valence-electron chi connectivity index (χ3n) is 5.72. The van der Waals surface area contributed by atoms with Gasteiger partial charge in [0, 0.05) is 53.5 Å². The van der Waals surface area contributed by atoms with Gasteiger partial charge in [-0.3, -0.25) is 4.79 Å². The number of aryl methyl sites for hydroxylation is 1. The van der Waals surface area contributed by atoms with Gasteiger partial charge in [-0.1, -0.05) is 74.7 Å². The average Bonchev–Trinajstić information content (AvgIpc) is 2.90. The molecule has 8 heteroatoms. The van der Waals surface area contributed by atoms with Crippen molar-refractivity contribution in [3.05, 3.63) is 99.5 Å². The van der Waals surface area contributed by atoms with Crippen molar-refractivity contribution in [2.75, 3.05) is 31.1 Å². The van der Waals surface area contributed by atoms with Gasteiger partial charge in [-0.2, -0.15) is 0 Å². The van der Waals surface area contributed by atoms with Gasteiger partial charge >= 0.3 is 0 Å². The summed E-state index contributed by atoms with van der Waals surface area (Å²) >= 11 is 11.7. The summed E-state index contributed by atoms with van der Waals surface area (Å²) in [6, 6.07) is 18.1. The molecule has 3 aromatic rings. The molecule has 1 N–H and O–H groups in total. The predicted molar refractivity (Wildman–Crippen MR) is 148 cm³/mol. The van der Waals surface area contributed by atoms with E-state index in [4.69, 9.17) is 23.2 Å². The van der Waals surface area contributed by atoms with E-state index in [9.17, 15) is 18.7 Å². The first kappa shape index (κ1) is 30.6. The van der Waals surface area contributed by atoms with Crippen LogP contribution in [0.15, 0.2) is 66.7 Å². The van der Waals surface area contributed by atoms with Gasteiger partial charge in [0.25, 0.3) is 5.91 Å². The number of aliphatic hydroxyl groups is 1. The van der Waals surface area contributed by atoms with Crippen LogP contribution in [0.1, 0.15) is 44.4 Å². The minimum atomic E-state index is -1.64. The van der Waals surface area contributed by atoms with E-state index in [2.05, 4.69) is 11.8 Å². The number of amides is 1. The van der Waals surface area contributed by atoms with E-state index in [1.807, 2.05) is 62.4 Å². The average molecular weight is 552 g/mol. The summed E-state index contributed by atoms with van der Waals surface area (Å²) < 4.78 is 26.9. The molecule has 1 saturated heterocycles.